The van der Waals surface area contributed by atoms with E-state index in [-0.39, 0.29) is 6.61 Å². The molecular weight excluding hydrogens is 236 g/mol. The molecule has 0 aliphatic rings. The quantitative estimate of drug-likeness (QED) is 0.463. The van der Waals surface area contributed by atoms with Gasteiger partial charge in [0.15, 0.2) is 0 Å². The first-order valence-corrected chi connectivity index (χ1v) is 9.93. The molecule has 2 heteroatoms. The highest BCUT2D eigenvalue weighted by molar-refractivity contribution is 6.85. The van der Waals surface area contributed by atoms with Gasteiger partial charge in [-0.25, -0.2) is 0 Å². The molecule has 0 unspecified atom stereocenters. The standard InChI is InChI=1S/C16H34OSi/c1-8-16(11-9-10-12-17)18(13(2)3,14(4)5)15(6)7/h9,11,13-17H,8,10,12H2,1-7H3/b11-9+/t16-/m0/s1. The summed E-state index contributed by atoms with van der Waals surface area (Å²) in [5.74, 6) is 0. The fourth-order valence-electron chi connectivity index (χ4n) is 4.28. The molecule has 0 amide bonds. The fourth-order valence-corrected chi connectivity index (χ4v) is 12.0. The largest absolute Gasteiger partial charge is 0.396 e. The summed E-state index contributed by atoms with van der Waals surface area (Å²) in [6, 6.07) is 0. The monoisotopic (exact) mass is 270 g/mol. The zero-order chi connectivity index (χ0) is 14.3. The molecule has 0 fully saturated rings. The number of hydrogen-bond donors (Lipinski definition) is 1. The van der Waals surface area contributed by atoms with Crippen molar-refractivity contribution < 1.29 is 5.11 Å². The normalized spacial score (nSPS) is 15.3. The van der Waals surface area contributed by atoms with E-state index in [9.17, 15) is 0 Å². The van der Waals surface area contributed by atoms with Crippen molar-refractivity contribution in [3.05, 3.63) is 12.2 Å². The molecule has 1 N–H and O–H groups in total. The minimum Gasteiger partial charge on any atom is -0.396 e. The van der Waals surface area contributed by atoms with Crippen LogP contribution in [0.5, 0.6) is 0 Å². The van der Waals surface area contributed by atoms with Gasteiger partial charge in [0, 0.05) is 6.61 Å². The first-order valence-electron chi connectivity index (χ1n) is 7.63. The lowest BCUT2D eigenvalue weighted by Gasteiger charge is -2.48. The van der Waals surface area contributed by atoms with Crippen molar-refractivity contribution >= 4 is 8.07 Å². The Morgan fingerprint density at radius 2 is 1.39 bits per heavy atom. The van der Waals surface area contributed by atoms with Crippen molar-refractivity contribution in [3.8, 4) is 0 Å². The molecule has 0 saturated heterocycles. The van der Waals surface area contributed by atoms with Crippen molar-refractivity contribution in [2.75, 3.05) is 6.61 Å². The number of allylic oxidation sites excluding steroid dienone is 1. The van der Waals surface area contributed by atoms with Gasteiger partial charge < -0.3 is 5.11 Å². The molecule has 108 valence electrons. The van der Waals surface area contributed by atoms with Crippen LogP contribution in [0, 0.1) is 0 Å². The molecule has 0 aromatic heterocycles. The van der Waals surface area contributed by atoms with Gasteiger partial charge in [0.1, 0.15) is 0 Å². The Morgan fingerprint density at radius 3 is 1.67 bits per heavy atom. The summed E-state index contributed by atoms with van der Waals surface area (Å²) in [4.78, 5) is 0. The van der Waals surface area contributed by atoms with E-state index in [0.29, 0.717) is 0 Å². The van der Waals surface area contributed by atoms with E-state index in [4.69, 9.17) is 5.11 Å². The molecule has 0 saturated carbocycles. The molecule has 0 rings (SSSR count). The molecule has 1 atom stereocenters. The minimum absolute atomic E-state index is 0.270. The molecule has 0 aliphatic carbocycles. The molecule has 0 bridgehead atoms. The summed E-state index contributed by atoms with van der Waals surface area (Å²) in [7, 11) is -1.38. The molecule has 0 spiro atoms. The Hall–Kier alpha value is -0.0831. The summed E-state index contributed by atoms with van der Waals surface area (Å²) in [6.45, 7) is 17.1. The van der Waals surface area contributed by atoms with Crippen LogP contribution in [0.3, 0.4) is 0 Å². The van der Waals surface area contributed by atoms with Crippen LogP contribution < -0.4 is 0 Å². The van der Waals surface area contributed by atoms with Crippen LogP contribution in [0.15, 0.2) is 12.2 Å². The third-order valence-electron chi connectivity index (χ3n) is 4.75. The van der Waals surface area contributed by atoms with Gasteiger partial charge in [0.05, 0.1) is 8.07 Å². The second kappa shape index (κ2) is 8.16. The SMILES string of the molecule is CC[C@@H](/C=C/CCO)[Si](C(C)C)(C(C)C)C(C)C. The van der Waals surface area contributed by atoms with Crippen molar-refractivity contribution in [3.63, 3.8) is 0 Å². The van der Waals surface area contributed by atoms with E-state index in [0.717, 1.165) is 28.6 Å². The maximum atomic E-state index is 8.94. The van der Waals surface area contributed by atoms with Crippen LogP contribution in [-0.4, -0.2) is 19.8 Å². The van der Waals surface area contributed by atoms with Crippen LogP contribution in [0.4, 0.5) is 0 Å². The third-order valence-corrected chi connectivity index (χ3v) is 12.6. The number of aliphatic hydroxyl groups is 1. The third kappa shape index (κ3) is 3.71. The highest BCUT2D eigenvalue weighted by atomic mass is 28.3. The van der Waals surface area contributed by atoms with Crippen molar-refractivity contribution in [1.29, 1.82) is 0 Å². The van der Waals surface area contributed by atoms with Gasteiger partial charge in [0.2, 0.25) is 0 Å². The van der Waals surface area contributed by atoms with E-state index in [2.05, 4.69) is 60.6 Å². The Labute approximate surface area is 116 Å². The second-order valence-electron chi connectivity index (χ2n) is 6.42. The predicted octanol–water partition coefficient (Wildman–Crippen LogP) is 5.38. The highest BCUT2D eigenvalue weighted by Crippen LogP contribution is 2.51. The summed E-state index contributed by atoms with van der Waals surface area (Å²) >= 11 is 0. The summed E-state index contributed by atoms with van der Waals surface area (Å²) in [5, 5.41) is 8.94. The lowest BCUT2D eigenvalue weighted by molar-refractivity contribution is 0.302. The Bertz CT molecular complexity index is 222. The molecule has 0 aliphatic heterocycles. The molecule has 0 aromatic carbocycles. The number of hydrogen-bond acceptors (Lipinski definition) is 1. The van der Waals surface area contributed by atoms with Crippen molar-refractivity contribution in [2.24, 2.45) is 0 Å². The first kappa shape index (κ1) is 17.9. The van der Waals surface area contributed by atoms with Crippen molar-refractivity contribution in [1.82, 2.24) is 0 Å². The van der Waals surface area contributed by atoms with E-state index in [1.54, 1.807) is 0 Å². The minimum atomic E-state index is -1.38. The van der Waals surface area contributed by atoms with Gasteiger partial charge in [0.25, 0.3) is 0 Å². The molecule has 18 heavy (non-hydrogen) atoms. The van der Waals surface area contributed by atoms with Crippen LogP contribution in [0.1, 0.15) is 61.3 Å². The maximum Gasteiger partial charge on any atom is 0.0681 e. The Kier molecular flexibility index (Phi) is 8.12. The van der Waals surface area contributed by atoms with Gasteiger partial charge in [-0.2, -0.15) is 0 Å². The van der Waals surface area contributed by atoms with Crippen LogP contribution in [-0.2, 0) is 0 Å². The first-order chi connectivity index (χ1) is 8.35. The van der Waals surface area contributed by atoms with Gasteiger partial charge >= 0.3 is 0 Å². The molecule has 0 heterocycles. The molecule has 0 aromatic rings. The smallest absolute Gasteiger partial charge is 0.0681 e. The Balaban J connectivity index is 5.37. The molecular formula is C16H34OSi. The predicted molar refractivity (Wildman–Crippen MR) is 85.9 cm³/mol. The van der Waals surface area contributed by atoms with Crippen LogP contribution >= 0.6 is 0 Å². The van der Waals surface area contributed by atoms with Gasteiger partial charge in [-0.3, -0.25) is 0 Å². The van der Waals surface area contributed by atoms with Gasteiger partial charge in [-0.1, -0.05) is 83.7 Å². The lowest BCUT2D eigenvalue weighted by atomic mass is 10.3. The van der Waals surface area contributed by atoms with E-state index >= 15 is 0 Å². The molecule has 0 radical (unpaired) electrons. The second-order valence-corrected chi connectivity index (χ2v) is 12.6. The summed E-state index contributed by atoms with van der Waals surface area (Å²) in [6.07, 6.45) is 6.66. The average molecular weight is 271 g/mol. The Morgan fingerprint density at radius 1 is 0.944 bits per heavy atom. The zero-order valence-electron chi connectivity index (χ0n) is 13.5. The van der Waals surface area contributed by atoms with Crippen LogP contribution in [0.25, 0.3) is 0 Å². The van der Waals surface area contributed by atoms with Crippen LogP contribution in [0.2, 0.25) is 22.2 Å². The summed E-state index contributed by atoms with van der Waals surface area (Å²) < 4.78 is 0. The van der Waals surface area contributed by atoms with Crippen molar-refractivity contribution in [2.45, 2.75) is 83.5 Å². The maximum absolute atomic E-state index is 8.94. The highest BCUT2D eigenvalue weighted by Gasteiger charge is 2.46. The lowest BCUT2D eigenvalue weighted by Crippen LogP contribution is -2.48. The van der Waals surface area contributed by atoms with E-state index < -0.39 is 8.07 Å². The van der Waals surface area contributed by atoms with Gasteiger partial charge in [-0.15, -0.1) is 0 Å². The summed E-state index contributed by atoms with van der Waals surface area (Å²) in [5.41, 5.74) is 3.16. The van der Waals surface area contributed by atoms with Gasteiger partial charge in [-0.05, 0) is 12.0 Å². The fraction of sp³-hybridized carbons (Fsp3) is 0.875. The van der Waals surface area contributed by atoms with E-state index in [1.807, 2.05) is 0 Å². The topological polar surface area (TPSA) is 20.2 Å². The number of aliphatic hydroxyl groups excluding tert-OH is 1. The average Bonchev–Trinajstić information content (AvgIpc) is 2.26. The molecule has 1 nitrogen and oxygen atoms in total. The van der Waals surface area contributed by atoms with E-state index in [1.165, 1.54) is 6.42 Å². The number of rotatable bonds is 8. The zero-order valence-corrected chi connectivity index (χ0v) is 14.5.